The average Bonchev–Trinajstić information content (AvgIpc) is 3.12. The quantitative estimate of drug-likeness (QED) is 0.876. The van der Waals surface area contributed by atoms with Gasteiger partial charge in [-0.2, -0.15) is 0 Å². The molecule has 26 heavy (non-hydrogen) atoms. The SMILES string of the molecule is O=C(N[C@@H]1CCOC[C@H]1OCc1ccccn1)c1csc2c1CCCC2. The standard InChI is InChI=1S/C20H24N2O3S/c23-20(16-13-26-19-7-2-1-6-15(16)19)22-17-8-10-24-12-18(17)25-11-14-5-3-4-9-21-14/h3-5,9,13,17-18H,1-2,6-8,10-12H2,(H,22,23)/t17-,18-/m1/s1. The Morgan fingerprint density at radius 2 is 2.27 bits per heavy atom. The van der Waals surface area contributed by atoms with Crippen molar-refractivity contribution in [2.24, 2.45) is 0 Å². The maximum Gasteiger partial charge on any atom is 0.252 e. The van der Waals surface area contributed by atoms with E-state index < -0.39 is 0 Å². The van der Waals surface area contributed by atoms with E-state index in [0.717, 1.165) is 30.5 Å². The number of fused-ring (bicyclic) bond motifs is 1. The van der Waals surface area contributed by atoms with Gasteiger partial charge in [0.05, 0.1) is 30.5 Å². The van der Waals surface area contributed by atoms with Gasteiger partial charge < -0.3 is 14.8 Å². The van der Waals surface area contributed by atoms with Crippen LogP contribution in [-0.2, 0) is 28.9 Å². The van der Waals surface area contributed by atoms with Gasteiger partial charge >= 0.3 is 0 Å². The second-order valence-corrected chi connectivity index (χ2v) is 7.84. The second-order valence-electron chi connectivity index (χ2n) is 6.87. The fourth-order valence-corrected chi connectivity index (χ4v) is 4.77. The first-order valence-electron chi connectivity index (χ1n) is 9.30. The average molecular weight is 372 g/mol. The van der Waals surface area contributed by atoms with E-state index in [1.165, 1.54) is 23.3 Å². The molecule has 0 radical (unpaired) electrons. The van der Waals surface area contributed by atoms with Crippen LogP contribution in [0.2, 0.25) is 0 Å². The number of amides is 1. The molecule has 0 saturated carbocycles. The topological polar surface area (TPSA) is 60.5 Å². The lowest BCUT2D eigenvalue weighted by Gasteiger charge is -2.32. The smallest absolute Gasteiger partial charge is 0.252 e. The van der Waals surface area contributed by atoms with Crippen LogP contribution in [0.25, 0.3) is 0 Å². The Morgan fingerprint density at radius 3 is 3.15 bits per heavy atom. The minimum absolute atomic E-state index is 0.0286. The molecule has 1 aliphatic heterocycles. The predicted molar refractivity (Wildman–Crippen MR) is 100 cm³/mol. The third-order valence-electron chi connectivity index (χ3n) is 5.10. The first-order chi connectivity index (χ1) is 12.8. The van der Waals surface area contributed by atoms with Gasteiger partial charge in [0.2, 0.25) is 0 Å². The maximum atomic E-state index is 12.9. The molecule has 1 saturated heterocycles. The van der Waals surface area contributed by atoms with E-state index in [4.69, 9.17) is 9.47 Å². The Bertz CT molecular complexity index is 747. The zero-order valence-electron chi connectivity index (χ0n) is 14.8. The van der Waals surface area contributed by atoms with Crippen LogP contribution in [0.5, 0.6) is 0 Å². The van der Waals surface area contributed by atoms with Gasteiger partial charge in [-0.25, -0.2) is 0 Å². The molecule has 0 aromatic carbocycles. The van der Waals surface area contributed by atoms with Crippen LogP contribution in [0.1, 0.15) is 45.8 Å². The van der Waals surface area contributed by atoms with Crippen LogP contribution in [0, 0.1) is 0 Å². The fraction of sp³-hybridized carbons (Fsp3) is 0.500. The van der Waals surface area contributed by atoms with Crippen molar-refractivity contribution in [3.8, 4) is 0 Å². The number of aryl methyl sites for hydroxylation is 1. The molecule has 0 spiro atoms. The minimum atomic E-state index is -0.149. The van der Waals surface area contributed by atoms with Crippen molar-refractivity contribution in [3.63, 3.8) is 0 Å². The van der Waals surface area contributed by atoms with Gasteiger partial charge in [0.1, 0.15) is 6.10 Å². The van der Waals surface area contributed by atoms with Gasteiger partial charge in [0.15, 0.2) is 0 Å². The lowest BCUT2D eigenvalue weighted by molar-refractivity contribution is -0.0743. The van der Waals surface area contributed by atoms with Crippen LogP contribution in [-0.4, -0.2) is 36.3 Å². The fourth-order valence-electron chi connectivity index (χ4n) is 3.65. The first kappa shape index (κ1) is 17.6. The highest BCUT2D eigenvalue weighted by molar-refractivity contribution is 7.10. The highest BCUT2D eigenvalue weighted by Gasteiger charge is 2.30. The number of aromatic nitrogens is 1. The van der Waals surface area contributed by atoms with Crippen molar-refractivity contribution in [2.75, 3.05) is 13.2 Å². The number of hydrogen-bond acceptors (Lipinski definition) is 5. The number of pyridine rings is 1. The number of hydrogen-bond donors (Lipinski definition) is 1. The minimum Gasteiger partial charge on any atom is -0.379 e. The Labute approximate surface area is 157 Å². The maximum absolute atomic E-state index is 12.9. The molecular formula is C20H24N2O3S. The van der Waals surface area contributed by atoms with E-state index in [2.05, 4.69) is 10.3 Å². The highest BCUT2D eigenvalue weighted by atomic mass is 32.1. The van der Waals surface area contributed by atoms with Gasteiger partial charge in [-0.3, -0.25) is 9.78 Å². The van der Waals surface area contributed by atoms with Crippen molar-refractivity contribution < 1.29 is 14.3 Å². The summed E-state index contributed by atoms with van der Waals surface area (Å²) in [5, 5.41) is 5.22. The Balaban J connectivity index is 1.40. The van der Waals surface area contributed by atoms with Crippen LogP contribution in [0.3, 0.4) is 0 Å². The third-order valence-corrected chi connectivity index (χ3v) is 6.19. The van der Waals surface area contributed by atoms with E-state index in [1.807, 2.05) is 23.6 Å². The Morgan fingerprint density at radius 1 is 1.35 bits per heavy atom. The number of thiophene rings is 1. The van der Waals surface area contributed by atoms with Crippen LogP contribution in [0.4, 0.5) is 0 Å². The number of rotatable bonds is 5. The molecule has 4 rings (SSSR count). The van der Waals surface area contributed by atoms with Crippen LogP contribution < -0.4 is 5.32 Å². The van der Waals surface area contributed by atoms with E-state index in [-0.39, 0.29) is 18.1 Å². The molecule has 6 heteroatoms. The van der Waals surface area contributed by atoms with Crippen molar-refractivity contribution in [1.82, 2.24) is 10.3 Å². The molecule has 2 atom stereocenters. The highest BCUT2D eigenvalue weighted by Crippen LogP contribution is 2.30. The van der Waals surface area contributed by atoms with E-state index in [9.17, 15) is 4.79 Å². The summed E-state index contributed by atoms with van der Waals surface area (Å²) in [7, 11) is 0. The molecule has 0 bridgehead atoms. The monoisotopic (exact) mass is 372 g/mol. The molecule has 5 nitrogen and oxygen atoms in total. The van der Waals surface area contributed by atoms with Gasteiger partial charge in [-0.05, 0) is 49.8 Å². The molecule has 2 aliphatic rings. The summed E-state index contributed by atoms with van der Waals surface area (Å²) in [4.78, 5) is 18.5. The largest absolute Gasteiger partial charge is 0.379 e. The van der Waals surface area contributed by atoms with Crippen LogP contribution in [0.15, 0.2) is 29.8 Å². The van der Waals surface area contributed by atoms with Gasteiger partial charge in [0, 0.05) is 23.1 Å². The molecule has 2 aromatic heterocycles. The summed E-state index contributed by atoms with van der Waals surface area (Å²) in [6.07, 6.45) is 6.92. The molecule has 1 fully saturated rings. The van der Waals surface area contributed by atoms with Gasteiger partial charge in [-0.15, -0.1) is 11.3 Å². The molecule has 1 aliphatic carbocycles. The van der Waals surface area contributed by atoms with Crippen molar-refractivity contribution in [2.45, 2.75) is 50.9 Å². The van der Waals surface area contributed by atoms with Crippen molar-refractivity contribution >= 4 is 17.2 Å². The van der Waals surface area contributed by atoms with Crippen LogP contribution >= 0.6 is 11.3 Å². The summed E-state index contributed by atoms with van der Waals surface area (Å²) >= 11 is 1.73. The normalized spacial score (nSPS) is 22.6. The zero-order chi connectivity index (χ0) is 17.8. The summed E-state index contributed by atoms with van der Waals surface area (Å²) in [6, 6.07) is 5.74. The number of nitrogens with zero attached hydrogens (tertiary/aromatic N) is 1. The molecule has 1 N–H and O–H groups in total. The van der Waals surface area contributed by atoms with E-state index >= 15 is 0 Å². The predicted octanol–water partition coefficient (Wildman–Crippen LogP) is 3.13. The Kier molecular flexibility index (Phi) is 5.62. The lowest BCUT2D eigenvalue weighted by Crippen LogP contribution is -2.50. The molecular weight excluding hydrogens is 348 g/mol. The summed E-state index contributed by atoms with van der Waals surface area (Å²) in [5.74, 6) is 0.0303. The second kappa shape index (κ2) is 8.29. The first-order valence-corrected chi connectivity index (χ1v) is 10.2. The molecule has 1 amide bonds. The summed E-state index contributed by atoms with van der Waals surface area (Å²) in [5.41, 5.74) is 3.01. The zero-order valence-corrected chi connectivity index (χ0v) is 15.6. The van der Waals surface area contributed by atoms with Crippen molar-refractivity contribution in [1.29, 1.82) is 0 Å². The van der Waals surface area contributed by atoms with E-state index in [1.54, 1.807) is 17.5 Å². The third kappa shape index (κ3) is 3.98. The Hall–Kier alpha value is -1.76. The molecule has 2 aromatic rings. The summed E-state index contributed by atoms with van der Waals surface area (Å²) in [6.45, 7) is 1.57. The summed E-state index contributed by atoms with van der Waals surface area (Å²) < 4.78 is 11.6. The number of carbonyl (C=O) groups is 1. The number of nitrogens with one attached hydrogen (secondary N) is 1. The molecule has 3 heterocycles. The molecule has 138 valence electrons. The van der Waals surface area contributed by atoms with Gasteiger partial charge in [-0.1, -0.05) is 6.07 Å². The molecule has 0 unspecified atom stereocenters. The lowest BCUT2D eigenvalue weighted by atomic mass is 9.95. The van der Waals surface area contributed by atoms with E-state index in [0.29, 0.717) is 19.8 Å². The van der Waals surface area contributed by atoms with Crippen molar-refractivity contribution in [3.05, 3.63) is 51.5 Å². The van der Waals surface area contributed by atoms with Gasteiger partial charge in [0.25, 0.3) is 5.91 Å². The number of ether oxygens (including phenoxy) is 2. The number of carbonyl (C=O) groups excluding carboxylic acids is 1.